The molecule has 2 aromatic rings. The number of H-pyrrole nitrogens is 1. The number of nitrogens with one attached hydrogen (secondary N) is 2. The van der Waals surface area contributed by atoms with Gasteiger partial charge in [0.1, 0.15) is 0 Å². The molecule has 3 heteroatoms. The minimum atomic E-state index is -0.198. The number of rotatable bonds is 1. The van der Waals surface area contributed by atoms with Crippen LogP contribution in [0.5, 0.6) is 0 Å². The third kappa shape index (κ3) is 0.863. The fourth-order valence-corrected chi connectivity index (χ4v) is 1.29. The van der Waals surface area contributed by atoms with Crippen LogP contribution in [0.3, 0.4) is 0 Å². The first-order valence-corrected chi connectivity index (χ1v) is 3.76. The lowest BCUT2D eigenvalue weighted by Crippen LogP contribution is -1.91. The van der Waals surface area contributed by atoms with Crippen molar-refractivity contribution in [2.24, 2.45) is 0 Å². The van der Waals surface area contributed by atoms with Gasteiger partial charge in [-0.1, -0.05) is 0 Å². The van der Waals surface area contributed by atoms with Gasteiger partial charge in [-0.2, -0.15) is 0 Å². The minimum Gasteiger partial charge on any atom is -0.386 e. The van der Waals surface area contributed by atoms with Gasteiger partial charge in [-0.3, -0.25) is 0 Å². The van der Waals surface area contributed by atoms with Gasteiger partial charge in [0.15, 0.2) is 5.82 Å². The predicted molar refractivity (Wildman–Crippen MR) is 47.8 cm³/mol. The third-order valence-electron chi connectivity index (χ3n) is 1.94. The van der Waals surface area contributed by atoms with E-state index in [1.54, 1.807) is 25.4 Å². The van der Waals surface area contributed by atoms with Crippen LogP contribution in [0.2, 0.25) is 0 Å². The molecule has 0 radical (unpaired) electrons. The van der Waals surface area contributed by atoms with Crippen LogP contribution >= 0.6 is 0 Å². The monoisotopic (exact) mass is 164 g/mol. The molecule has 2 rings (SSSR count). The van der Waals surface area contributed by atoms with E-state index in [2.05, 4.69) is 10.3 Å². The van der Waals surface area contributed by atoms with Crippen molar-refractivity contribution in [3.63, 3.8) is 0 Å². The maximum Gasteiger partial charge on any atom is 0.155 e. The summed E-state index contributed by atoms with van der Waals surface area (Å²) >= 11 is 0. The molecule has 1 aromatic carbocycles. The van der Waals surface area contributed by atoms with Gasteiger partial charge in [0.2, 0.25) is 0 Å². The molecule has 0 amide bonds. The largest absolute Gasteiger partial charge is 0.386 e. The Morgan fingerprint density at radius 1 is 1.33 bits per heavy atom. The molecule has 2 nitrogen and oxygen atoms in total. The highest BCUT2D eigenvalue weighted by atomic mass is 19.1. The first-order chi connectivity index (χ1) is 5.83. The third-order valence-corrected chi connectivity index (χ3v) is 1.94. The number of halogens is 1. The molecule has 2 N–H and O–H groups in total. The molecule has 0 aliphatic rings. The van der Waals surface area contributed by atoms with Gasteiger partial charge in [0.05, 0.1) is 5.69 Å². The molecule has 1 aromatic heterocycles. The van der Waals surface area contributed by atoms with E-state index in [4.69, 9.17) is 0 Å². The van der Waals surface area contributed by atoms with E-state index in [1.165, 1.54) is 0 Å². The van der Waals surface area contributed by atoms with Crippen LogP contribution in [0, 0.1) is 5.82 Å². The Morgan fingerprint density at radius 2 is 2.17 bits per heavy atom. The Labute approximate surface area is 69.4 Å². The Morgan fingerprint density at radius 3 is 2.92 bits per heavy atom. The van der Waals surface area contributed by atoms with Crippen molar-refractivity contribution in [2.45, 2.75) is 0 Å². The van der Waals surface area contributed by atoms with Crippen LogP contribution in [-0.4, -0.2) is 12.0 Å². The lowest BCUT2D eigenvalue weighted by Gasteiger charge is -2.01. The summed E-state index contributed by atoms with van der Waals surface area (Å²) in [6.07, 6.45) is 1.73. The lowest BCUT2D eigenvalue weighted by atomic mass is 10.2. The van der Waals surface area contributed by atoms with E-state index >= 15 is 0 Å². The van der Waals surface area contributed by atoms with Gasteiger partial charge < -0.3 is 10.3 Å². The molecule has 0 saturated heterocycles. The quantitative estimate of drug-likeness (QED) is 0.665. The summed E-state index contributed by atoms with van der Waals surface area (Å²) in [5, 5.41) is 3.42. The Kier molecular flexibility index (Phi) is 1.50. The molecular weight excluding hydrogens is 155 g/mol. The van der Waals surface area contributed by atoms with E-state index in [0.29, 0.717) is 11.1 Å². The van der Waals surface area contributed by atoms with Gasteiger partial charge in [-0.05, 0) is 18.2 Å². The Hall–Kier alpha value is -1.51. The van der Waals surface area contributed by atoms with Crippen LogP contribution < -0.4 is 5.32 Å². The second-order valence-corrected chi connectivity index (χ2v) is 2.62. The van der Waals surface area contributed by atoms with Crippen molar-refractivity contribution < 1.29 is 4.39 Å². The Bertz CT molecular complexity index is 406. The van der Waals surface area contributed by atoms with Crippen molar-refractivity contribution in [2.75, 3.05) is 12.4 Å². The molecular formula is C9H9FN2. The standard InChI is InChI=1S/C9H9FN2/c1-11-8-3-2-7-6(9(8)10)4-5-12-7/h2-5,11-12H,1H3. The number of benzene rings is 1. The van der Waals surface area contributed by atoms with Crippen LogP contribution in [0.4, 0.5) is 10.1 Å². The number of hydrogen-bond donors (Lipinski definition) is 2. The lowest BCUT2D eigenvalue weighted by molar-refractivity contribution is 0.643. The van der Waals surface area contributed by atoms with E-state index in [-0.39, 0.29) is 5.82 Å². The topological polar surface area (TPSA) is 27.8 Å². The fourth-order valence-electron chi connectivity index (χ4n) is 1.29. The van der Waals surface area contributed by atoms with Gasteiger partial charge in [-0.15, -0.1) is 0 Å². The number of anilines is 1. The Balaban J connectivity index is 2.78. The van der Waals surface area contributed by atoms with Crippen molar-refractivity contribution in [1.29, 1.82) is 0 Å². The van der Waals surface area contributed by atoms with Crippen molar-refractivity contribution in [3.05, 3.63) is 30.2 Å². The van der Waals surface area contributed by atoms with Crippen LogP contribution in [0.15, 0.2) is 24.4 Å². The molecule has 0 saturated carbocycles. The SMILES string of the molecule is CNc1ccc2[nH]ccc2c1F. The minimum absolute atomic E-state index is 0.198. The highest BCUT2D eigenvalue weighted by molar-refractivity contribution is 5.83. The van der Waals surface area contributed by atoms with Gasteiger partial charge in [0, 0.05) is 24.1 Å². The predicted octanol–water partition coefficient (Wildman–Crippen LogP) is 2.35. The van der Waals surface area contributed by atoms with Gasteiger partial charge in [-0.25, -0.2) is 4.39 Å². The molecule has 0 bridgehead atoms. The van der Waals surface area contributed by atoms with Crippen LogP contribution in [0.25, 0.3) is 10.9 Å². The second kappa shape index (κ2) is 2.52. The van der Waals surface area contributed by atoms with Crippen LogP contribution in [-0.2, 0) is 0 Å². The summed E-state index contributed by atoms with van der Waals surface area (Å²) in [6, 6.07) is 5.30. The zero-order valence-electron chi connectivity index (χ0n) is 6.69. The molecule has 0 unspecified atom stereocenters. The van der Waals surface area contributed by atoms with E-state index in [9.17, 15) is 4.39 Å². The molecule has 0 spiro atoms. The van der Waals surface area contributed by atoms with Gasteiger partial charge >= 0.3 is 0 Å². The summed E-state index contributed by atoms with van der Waals surface area (Å²) in [7, 11) is 1.71. The van der Waals surface area contributed by atoms with Crippen LogP contribution in [0.1, 0.15) is 0 Å². The van der Waals surface area contributed by atoms with Crippen molar-refractivity contribution >= 4 is 16.6 Å². The summed E-state index contributed by atoms with van der Waals surface area (Å²) in [5.41, 5.74) is 1.36. The maximum atomic E-state index is 13.4. The molecule has 1 heterocycles. The summed E-state index contributed by atoms with van der Waals surface area (Å²) in [6.45, 7) is 0. The van der Waals surface area contributed by atoms with Crippen molar-refractivity contribution in [1.82, 2.24) is 4.98 Å². The molecule has 62 valence electrons. The maximum absolute atomic E-state index is 13.4. The summed E-state index contributed by atoms with van der Waals surface area (Å²) < 4.78 is 13.4. The highest BCUT2D eigenvalue weighted by Gasteiger charge is 2.05. The number of fused-ring (bicyclic) bond motifs is 1. The smallest absolute Gasteiger partial charge is 0.155 e. The first kappa shape index (κ1) is 7.16. The zero-order chi connectivity index (χ0) is 8.55. The summed E-state index contributed by atoms with van der Waals surface area (Å²) in [4.78, 5) is 2.94. The molecule has 0 aliphatic carbocycles. The first-order valence-electron chi connectivity index (χ1n) is 3.76. The molecule has 12 heavy (non-hydrogen) atoms. The average Bonchev–Trinajstić information content (AvgIpc) is 2.53. The summed E-state index contributed by atoms with van der Waals surface area (Å²) in [5.74, 6) is -0.198. The van der Waals surface area contributed by atoms with E-state index in [0.717, 1.165) is 5.52 Å². The number of hydrogen-bond acceptors (Lipinski definition) is 1. The van der Waals surface area contributed by atoms with Gasteiger partial charge in [0.25, 0.3) is 0 Å². The van der Waals surface area contributed by atoms with E-state index < -0.39 is 0 Å². The second-order valence-electron chi connectivity index (χ2n) is 2.62. The van der Waals surface area contributed by atoms with E-state index in [1.807, 2.05) is 6.07 Å². The number of aromatic amines is 1. The zero-order valence-corrected chi connectivity index (χ0v) is 6.69. The molecule has 0 atom stereocenters. The highest BCUT2D eigenvalue weighted by Crippen LogP contribution is 2.22. The molecule has 0 fully saturated rings. The molecule has 0 aliphatic heterocycles. The average molecular weight is 164 g/mol. The number of aromatic nitrogens is 1. The normalized spacial score (nSPS) is 10.5. The van der Waals surface area contributed by atoms with Crippen molar-refractivity contribution in [3.8, 4) is 0 Å². The fraction of sp³-hybridized carbons (Fsp3) is 0.111.